The summed E-state index contributed by atoms with van der Waals surface area (Å²) in [5.41, 5.74) is 2.36. The number of hydrogen-bond acceptors (Lipinski definition) is 1. The van der Waals surface area contributed by atoms with Crippen molar-refractivity contribution in [3.05, 3.63) is 65.3 Å². The Kier molecular flexibility index (Phi) is 4.10. The lowest BCUT2D eigenvalue weighted by Gasteiger charge is -2.22. The Hall–Kier alpha value is -1.08. The lowest BCUT2D eigenvalue weighted by Crippen LogP contribution is -2.21. The highest BCUT2D eigenvalue weighted by atomic mass is 79.9. The van der Waals surface area contributed by atoms with E-state index in [2.05, 4.69) is 34.8 Å². The molecule has 1 rings (SSSR count). The van der Waals surface area contributed by atoms with Gasteiger partial charge in [-0.1, -0.05) is 40.7 Å². The van der Waals surface area contributed by atoms with Gasteiger partial charge in [-0.15, -0.1) is 12.3 Å². The van der Waals surface area contributed by atoms with Crippen LogP contribution in [0.15, 0.2) is 59.8 Å². The largest absolute Gasteiger partial charge is 0.380 e. The van der Waals surface area contributed by atoms with Gasteiger partial charge in [-0.3, -0.25) is 0 Å². The van der Waals surface area contributed by atoms with Crippen LogP contribution in [0.3, 0.4) is 0 Å². The summed E-state index contributed by atoms with van der Waals surface area (Å²) < 4.78 is 0.931. The van der Waals surface area contributed by atoms with E-state index in [1.807, 2.05) is 24.3 Å². The Bertz CT molecular complexity index is 405. The van der Waals surface area contributed by atoms with Crippen LogP contribution in [0.25, 0.3) is 0 Å². The predicted octanol–water partition coefficient (Wildman–Crippen LogP) is 3.55. The van der Waals surface area contributed by atoms with Crippen molar-refractivity contribution in [3.63, 3.8) is 0 Å². The zero-order valence-corrected chi connectivity index (χ0v) is 10.00. The van der Waals surface area contributed by atoms with E-state index in [0.29, 0.717) is 6.42 Å². The van der Waals surface area contributed by atoms with Crippen LogP contribution in [-0.4, -0.2) is 5.11 Å². The molecular weight excluding hydrogens is 252 g/mol. The van der Waals surface area contributed by atoms with Crippen molar-refractivity contribution in [2.24, 2.45) is 0 Å². The zero-order chi connectivity index (χ0) is 11.3. The molecule has 78 valence electrons. The predicted molar refractivity (Wildman–Crippen MR) is 66.6 cm³/mol. The number of hydrogen-bond donors (Lipinski definition) is 1. The van der Waals surface area contributed by atoms with Gasteiger partial charge >= 0.3 is 0 Å². The van der Waals surface area contributed by atoms with Crippen molar-refractivity contribution in [2.45, 2.75) is 12.0 Å². The fourth-order valence-electron chi connectivity index (χ4n) is 1.41. The minimum absolute atomic E-state index is 0.436. The van der Waals surface area contributed by atoms with Gasteiger partial charge in [-0.25, -0.2) is 0 Å². The average molecular weight is 265 g/mol. The van der Waals surface area contributed by atoms with Gasteiger partial charge in [0.05, 0.1) is 0 Å². The van der Waals surface area contributed by atoms with Gasteiger partial charge in [0.15, 0.2) is 0 Å². The van der Waals surface area contributed by atoms with Crippen molar-refractivity contribution in [2.75, 3.05) is 0 Å². The summed E-state index contributed by atoms with van der Waals surface area (Å²) >= 11 is 3.37. The van der Waals surface area contributed by atoms with E-state index < -0.39 is 5.60 Å². The molecule has 0 bridgehead atoms. The maximum atomic E-state index is 10.4. The van der Waals surface area contributed by atoms with Crippen LogP contribution >= 0.6 is 15.9 Å². The second kappa shape index (κ2) is 5.13. The van der Waals surface area contributed by atoms with Gasteiger partial charge in [-0.05, 0) is 23.8 Å². The summed E-state index contributed by atoms with van der Waals surface area (Å²) in [4.78, 5) is 0. The second-order valence-corrected chi connectivity index (χ2v) is 4.19. The van der Waals surface area contributed by atoms with Gasteiger partial charge in [-0.2, -0.15) is 0 Å². The highest BCUT2D eigenvalue weighted by Crippen LogP contribution is 2.28. The highest BCUT2D eigenvalue weighted by molar-refractivity contribution is 9.10. The van der Waals surface area contributed by atoms with Gasteiger partial charge < -0.3 is 5.11 Å². The van der Waals surface area contributed by atoms with Gasteiger partial charge in [0.25, 0.3) is 0 Å². The molecule has 1 N–H and O–H groups in total. The van der Waals surface area contributed by atoms with E-state index in [4.69, 9.17) is 0 Å². The molecule has 0 aliphatic carbocycles. The molecule has 0 fully saturated rings. The molecular formula is C13H13BrO. The quantitative estimate of drug-likeness (QED) is 0.652. The van der Waals surface area contributed by atoms with E-state index in [1.165, 1.54) is 0 Å². The van der Waals surface area contributed by atoms with Crippen LogP contribution in [0.2, 0.25) is 0 Å². The number of rotatable bonds is 4. The molecule has 0 radical (unpaired) electrons. The summed E-state index contributed by atoms with van der Waals surface area (Å²) in [5.74, 6) is 0. The molecule has 1 atom stereocenters. The van der Waals surface area contributed by atoms with Crippen molar-refractivity contribution in [1.82, 2.24) is 0 Å². The van der Waals surface area contributed by atoms with Crippen molar-refractivity contribution in [1.29, 1.82) is 0 Å². The maximum absolute atomic E-state index is 10.4. The Morgan fingerprint density at radius 3 is 2.80 bits per heavy atom. The highest BCUT2D eigenvalue weighted by Gasteiger charge is 2.24. The number of benzene rings is 1. The third kappa shape index (κ3) is 2.93. The molecule has 0 spiro atoms. The van der Waals surface area contributed by atoms with Gasteiger partial charge in [0.2, 0.25) is 0 Å². The first-order chi connectivity index (χ1) is 7.12. The first-order valence-electron chi connectivity index (χ1n) is 4.58. The molecule has 1 aromatic carbocycles. The third-order valence-electron chi connectivity index (χ3n) is 2.12. The van der Waals surface area contributed by atoms with E-state index in [-0.39, 0.29) is 0 Å². The standard InChI is InChI=1S/C13H13BrO/c1-3-8-13(15,9-4-2)11-6-5-7-12(14)10-11/h3,5-7,9-10,15H,1-2,8H2. The Morgan fingerprint density at radius 2 is 2.27 bits per heavy atom. The number of aliphatic hydroxyl groups is 1. The summed E-state index contributed by atoms with van der Waals surface area (Å²) in [6.07, 6.45) is 3.66. The Morgan fingerprint density at radius 1 is 1.53 bits per heavy atom. The minimum Gasteiger partial charge on any atom is -0.380 e. The smallest absolute Gasteiger partial charge is 0.118 e. The maximum Gasteiger partial charge on any atom is 0.118 e. The summed E-state index contributed by atoms with van der Waals surface area (Å²) in [6.45, 7) is 7.13. The van der Waals surface area contributed by atoms with Crippen LogP contribution < -0.4 is 0 Å². The number of halogens is 1. The molecule has 0 aliphatic heterocycles. The normalized spacial score (nSPS) is 13.7. The molecule has 0 saturated carbocycles. The molecule has 0 aromatic heterocycles. The molecule has 0 saturated heterocycles. The first-order valence-corrected chi connectivity index (χ1v) is 5.38. The molecule has 0 amide bonds. The van der Waals surface area contributed by atoms with E-state index in [0.717, 1.165) is 10.0 Å². The van der Waals surface area contributed by atoms with Crippen molar-refractivity contribution < 1.29 is 5.11 Å². The SMILES string of the molecule is C=C=CC(O)(CC=C)c1cccc(Br)c1. The lowest BCUT2D eigenvalue weighted by molar-refractivity contribution is 0.0931. The van der Waals surface area contributed by atoms with Crippen molar-refractivity contribution in [3.8, 4) is 0 Å². The van der Waals surface area contributed by atoms with Crippen LogP contribution in [0.1, 0.15) is 12.0 Å². The molecule has 2 heteroatoms. The first kappa shape index (κ1) is 12.0. The summed E-state index contributed by atoms with van der Waals surface area (Å²) in [6, 6.07) is 7.53. The fraction of sp³-hybridized carbons (Fsp3) is 0.154. The topological polar surface area (TPSA) is 20.2 Å². The van der Waals surface area contributed by atoms with E-state index >= 15 is 0 Å². The molecule has 1 nitrogen and oxygen atoms in total. The monoisotopic (exact) mass is 264 g/mol. The van der Waals surface area contributed by atoms with Crippen LogP contribution in [-0.2, 0) is 5.60 Å². The molecule has 1 unspecified atom stereocenters. The van der Waals surface area contributed by atoms with Gasteiger partial charge in [0, 0.05) is 10.9 Å². The van der Waals surface area contributed by atoms with Crippen molar-refractivity contribution >= 4 is 15.9 Å². The summed E-state index contributed by atoms with van der Waals surface area (Å²) in [7, 11) is 0. The summed E-state index contributed by atoms with van der Waals surface area (Å²) in [5, 5.41) is 10.4. The Balaban J connectivity index is 3.19. The van der Waals surface area contributed by atoms with E-state index in [1.54, 1.807) is 12.2 Å². The van der Waals surface area contributed by atoms with Gasteiger partial charge in [0.1, 0.15) is 5.60 Å². The minimum atomic E-state index is -1.06. The van der Waals surface area contributed by atoms with E-state index in [9.17, 15) is 5.11 Å². The zero-order valence-electron chi connectivity index (χ0n) is 8.41. The molecule has 15 heavy (non-hydrogen) atoms. The van der Waals surface area contributed by atoms with Crippen LogP contribution in [0.5, 0.6) is 0 Å². The fourth-order valence-corrected chi connectivity index (χ4v) is 1.81. The Labute approximate surface area is 98.6 Å². The molecule has 0 heterocycles. The average Bonchev–Trinajstić information content (AvgIpc) is 2.18. The third-order valence-corrected chi connectivity index (χ3v) is 2.61. The lowest BCUT2D eigenvalue weighted by atomic mass is 9.90. The second-order valence-electron chi connectivity index (χ2n) is 3.28. The molecule has 1 aromatic rings. The molecule has 0 aliphatic rings. The van der Waals surface area contributed by atoms with Crippen LogP contribution in [0.4, 0.5) is 0 Å². The van der Waals surface area contributed by atoms with Crippen LogP contribution in [0, 0.1) is 0 Å².